The highest BCUT2D eigenvalue weighted by Gasteiger charge is 2.15. The van der Waals surface area contributed by atoms with Gasteiger partial charge in [0.05, 0.1) is 11.5 Å². The number of aryl methyl sites for hydroxylation is 1. The van der Waals surface area contributed by atoms with E-state index in [2.05, 4.69) is 52.4 Å². The van der Waals surface area contributed by atoms with Gasteiger partial charge in [-0.3, -0.25) is 0 Å². The summed E-state index contributed by atoms with van der Waals surface area (Å²) in [6, 6.07) is 8.60. The SMILES string of the molecule is Cc1ccc(Br)cc1NCCCCC(C)(C)C#N. The molecule has 1 aromatic rings. The summed E-state index contributed by atoms with van der Waals surface area (Å²) in [5, 5.41) is 12.4. The van der Waals surface area contributed by atoms with E-state index in [-0.39, 0.29) is 5.41 Å². The molecular weight excluding hydrogens is 288 g/mol. The van der Waals surface area contributed by atoms with Crippen LogP contribution >= 0.6 is 15.9 Å². The smallest absolute Gasteiger partial charge is 0.0683 e. The van der Waals surface area contributed by atoms with Crippen molar-refractivity contribution in [2.45, 2.75) is 40.0 Å². The van der Waals surface area contributed by atoms with Crippen molar-refractivity contribution in [1.82, 2.24) is 0 Å². The largest absolute Gasteiger partial charge is 0.385 e. The van der Waals surface area contributed by atoms with Crippen molar-refractivity contribution in [2.24, 2.45) is 5.41 Å². The number of rotatable bonds is 6. The highest BCUT2D eigenvalue weighted by atomic mass is 79.9. The number of halogens is 1. The van der Waals surface area contributed by atoms with Crippen molar-refractivity contribution in [3.8, 4) is 6.07 Å². The monoisotopic (exact) mass is 308 g/mol. The predicted octanol–water partition coefficient (Wildman–Crippen LogP) is 4.89. The highest BCUT2D eigenvalue weighted by Crippen LogP contribution is 2.23. The van der Waals surface area contributed by atoms with Gasteiger partial charge < -0.3 is 5.32 Å². The number of anilines is 1. The molecule has 0 saturated heterocycles. The third-order valence-electron chi connectivity index (χ3n) is 3.05. The van der Waals surface area contributed by atoms with Gasteiger partial charge in [0.2, 0.25) is 0 Å². The third-order valence-corrected chi connectivity index (χ3v) is 3.54. The first-order valence-electron chi connectivity index (χ1n) is 6.36. The molecule has 1 aromatic carbocycles. The van der Waals surface area contributed by atoms with Crippen LogP contribution in [0.5, 0.6) is 0 Å². The summed E-state index contributed by atoms with van der Waals surface area (Å²) in [4.78, 5) is 0. The first-order valence-corrected chi connectivity index (χ1v) is 7.15. The van der Waals surface area contributed by atoms with Crippen LogP contribution in [0.1, 0.15) is 38.7 Å². The zero-order valence-electron chi connectivity index (χ0n) is 11.4. The first kappa shape index (κ1) is 15.0. The van der Waals surface area contributed by atoms with Gasteiger partial charge in [0.25, 0.3) is 0 Å². The third kappa shape index (κ3) is 5.10. The second-order valence-corrected chi connectivity index (χ2v) is 6.25. The van der Waals surface area contributed by atoms with E-state index in [0.717, 1.165) is 30.3 Å². The summed E-state index contributed by atoms with van der Waals surface area (Å²) >= 11 is 3.48. The van der Waals surface area contributed by atoms with Gasteiger partial charge in [-0.05, 0) is 51.3 Å². The van der Waals surface area contributed by atoms with Crippen LogP contribution in [-0.2, 0) is 0 Å². The molecule has 0 heterocycles. The Labute approximate surface area is 119 Å². The number of unbranched alkanes of at least 4 members (excludes halogenated alkanes) is 1. The fraction of sp³-hybridized carbons (Fsp3) is 0.533. The lowest BCUT2D eigenvalue weighted by Crippen LogP contribution is -2.09. The minimum atomic E-state index is -0.189. The van der Waals surface area contributed by atoms with E-state index in [9.17, 15) is 0 Å². The zero-order valence-corrected chi connectivity index (χ0v) is 13.0. The maximum absolute atomic E-state index is 8.92. The molecular formula is C15H21BrN2. The van der Waals surface area contributed by atoms with Crippen LogP contribution in [0, 0.1) is 23.7 Å². The van der Waals surface area contributed by atoms with E-state index in [1.54, 1.807) is 0 Å². The Hall–Kier alpha value is -1.01. The van der Waals surface area contributed by atoms with Crippen molar-refractivity contribution < 1.29 is 0 Å². The number of nitrogens with one attached hydrogen (secondary N) is 1. The number of hydrogen-bond acceptors (Lipinski definition) is 2. The maximum atomic E-state index is 8.92. The average molecular weight is 309 g/mol. The van der Waals surface area contributed by atoms with Crippen LogP contribution in [0.4, 0.5) is 5.69 Å². The first-order chi connectivity index (χ1) is 8.44. The number of nitrogens with zero attached hydrogens (tertiary/aromatic N) is 1. The highest BCUT2D eigenvalue weighted by molar-refractivity contribution is 9.10. The normalized spacial score (nSPS) is 11.1. The van der Waals surface area contributed by atoms with Crippen molar-refractivity contribution in [3.05, 3.63) is 28.2 Å². The van der Waals surface area contributed by atoms with Crippen molar-refractivity contribution in [2.75, 3.05) is 11.9 Å². The van der Waals surface area contributed by atoms with Gasteiger partial charge in [0.15, 0.2) is 0 Å². The summed E-state index contributed by atoms with van der Waals surface area (Å²) in [6.45, 7) is 7.06. The van der Waals surface area contributed by atoms with Crippen LogP contribution in [0.2, 0.25) is 0 Å². The quantitative estimate of drug-likeness (QED) is 0.759. The van der Waals surface area contributed by atoms with E-state index in [1.807, 2.05) is 13.8 Å². The van der Waals surface area contributed by atoms with Crippen molar-refractivity contribution in [1.29, 1.82) is 5.26 Å². The molecule has 2 nitrogen and oxygen atoms in total. The molecule has 1 rings (SSSR count). The van der Waals surface area contributed by atoms with Crippen molar-refractivity contribution in [3.63, 3.8) is 0 Å². The van der Waals surface area contributed by atoms with Gasteiger partial charge in [-0.1, -0.05) is 28.4 Å². The molecule has 0 saturated carbocycles. The summed E-state index contributed by atoms with van der Waals surface area (Å²) in [6.07, 6.45) is 3.14. The van der Waals surface area contributed by atoms with E-state index in [0.29, 0.717) is 0 Å². The van der Waals surface area contributed by atoms with Gasteiger partial charge in [-0.2, -0.15) is 5.26 Å². The minimum Gasteiger partial charge on any atom is -0.385 e. The van der Waals surface area contributed by atoms with Gasteiger partial charge in [0.1, 0.15) is 0 Å². The molecule has 0 amide bonds. The van der Waals surface area contributed by atoms with Gasteiger partial charge in [0, 0.05) is 16.7 Å². The molecule has 0 bridgehead atoms. The average Bonchev–Trinajstić information content (AvgIpc) is 2.33. The summed E-state index contributed by atoms with van der Waals surface area (Å²) in [5.41, 5.74) is 2.26. The van der Waals surface area contributed by atoms with Gasteiger partial charge in [-0.25, -0.2) is 0 Å². The van der Waals surface area contributed by atoms with Crippen LogP contribution in [0.3, 0.4) is 0 Å². The fourth-order valence-electron chi connectivity index (χ4n) is 1.76. The molecule has 0 unspecified atom stereocenters. The molecule has 18 heavy (non-hydrogen) atoms. The van der Waals surface area contributed by atoms with Gasteiger partial charge >= 0.3 is 0 Å². The summed E-state index contributed by atoms with van der Waals surface area (Å²) in [7, 11) is 0. The van der Waals surface area contributed by atoms with Crippen LogP contribution in [-0.4, -0.2) is 6.54 Å². The molecule has 0 spiro atoms. The Kier molecular flexibility index (Phi) is 5.68. The molecule has 0 radical (unpaired) electrons. The summed E-state index contributed by atoms with van der Waals surface area (Å²) in [5.74, 6) is 0. The van der Waals surface area contributed by atoms with Crippen LogP contribution in [0.25, 0.3) is 0 Å². The number of nitriles is 1. The molecule has 98 valence electrons. The lowest BCUT2D eigenvalue weighted by atomic mass is 9.89. The van der Waals surface area contributed by atoms with E-state index >= 15 is 0 Å². The molecule has 0 aliphatic heterocycles. The Bertz CT molecular complexity index is 433. The molecule has 3 heteroatoms. The maximum Gasteiger partial charge on any atom is 0.0683 e. The van der Waals surface area contributed by atoms with Crippen LogP contribution in [0.15, 0.2) is 22.7 Å². The second-order valence-electron chi connectivity index (χ2n) is 5.34. The van der Waals surface area contributed by atoms with E-state index in [1.165, 1.54) is 11.3 Å². The number of benzene rings is 1. The van der Waals surface area contributed by atoms with E-state index < -0.39 is 0 Å². The summed E-state index contributed by atoms with van der Waals surface area (Å²) < 4.78 is 1.10. The topological polar surface area (TPSA) is 35.8 Å². The van der Waals surface area contributed by atoms with Gasteiger partial charge in [-0.15, -0.1) is 0 Å². The fourth-order valence-corrected chi connectivity index (χ4v) is 2.12. The molecule has 0 atom stereocenters. The zero-order chi connectivity index (χ0) is 13.6. The van der Waals surface area contributed by atoms with Crippen molar-refractivity contribution >= 4 is 21.6 Å². The Balaban J connectivity index is 2.30. The van der Waals surface area contributed by atoms with Crippen LogP contribution < -0.4 is 5.32 Å². The number of hydrogen-bond donors (Lipinski definition) is 1. The Morgan fingerprint density at radius 2 is 2.06 bits per heavy atom. The molecule has 0 fully saturated rings. The molecule has 1 N–H and O–H groups in total. The standard InChI is InChI=1S/C15H21BrN2/c1-12-6-7-13(16)10-14(12)18-9-5-4-8-15(2,3)11-17/h6-7,10,18H,4-5,8-9H2,1-3H3. The second kappa shape index (κ2) is 6.80. The lowest BCUT2D eigenvalue weighted by Gasteiger charge is -2.15. The molecule has 0 aliphatic carbocycles. The predicted molar refractivity (Wildman–Crippen MR) is 80.6 cm³/mol. The molecule has 0 aliphatic rings. The minimum absolute atomic E-state index is 0.189. The lowest BCUT2D eigenvalue weighted by molar-refractivity contribution is 0.430. The van der Waals surface area contributed by atoms with E-state index in [4.69, 9.17) is 5.26 Å². The Morgan fingerprint density at radius 1 is 1.33 bits per heavy atom. The molecule has 0 aromatic heterocycles. The Morgan fingerprint density at radius 3 is 2.72 bits per heavy atom.